The van der Waals surface area contributed by atoms with E-state index in [9.17, 15) is 4.79 Å². The summed E-state index contributed by atoms with van der Waals surface area (Å²) in [5, 5.41) is 8.66. The highest BCUT2D eigenvalue weighted by Crippen LogP contribution is 2.28. The summed E-state index contributed by atoms with van der Waals surface area (Å²) in [6.07, 6.45) is 8.30. The lowest BCUT2D eigenvalue weighted by atomic mass is 9.98. The van der Waals surface area contributed by atoms with E-state index in [-0.39, 0.29) is 5.78 Å². The number of nitrogens with zero attached hydrogens (tertiary/aromatic N) is 1. The molecule has 0 unspecified atom stereocenters. The van der Waals surface area contributed by atoms with Crippen molar-refractivity contribution in [1.82, 2.24) is 0 Å². The Morgan fingerprint density at radius 2 is 2.08 bits per heavy atom. The smallest absolute Gasteiger partial charge is 0.179 e. The quantitative estimate of drug-likeness (QED) is 0.531. The van der Waals surface area contributed by atoms with Crippen LogP contribution in [0.15, 0.2) is 47.1 Å². The zero-order chi connectivity index (χ0) is 8.55. The first-order valence-electron chi connectivity index (χ1n) is 3.58. The van der Waals surface area contributed by atoms with Crippen LogP contribution in [0.3, 0.4) is 0 Å². The molecule has 2 aliphatic rings. The molecule has 0 aromatic heterocycles. The van der Waals surface area contributed by atoms with Gasteiger partial charge < -0.3 is 0 Å². The fraction of sp³-hybridized carbons (Fsp3) is 0. The van der Waals surface area contributed by atoms with Crippen LogP contribution in [-0.4, -0.2) is 5.78 Å². The van der Waals surface area contributed by atoms with Crippen LogP contribution in [0, 0.1) is 11.3 Å². The highest BCUT2D eigenvalue weighted by molar-refractivity contribution is 6.03. The van der Waals surface area contributed by atoms with E-state index in [1.807, 2.05) is 12.1 Å². The minimum absolute atomic E-state index is 0.0507. The normalized spacial score (nSPS) is 19.2. The van der Waals surface area contributed by atoms with Gasteiger partial charge in [0.05, 0.1) is 11.6 Å². The summed E-state index contributed by atoms with van der Waals surface area (Å²) in [7, 11) is 0. The number of rotatable bonds is 0. The number of hydrogen-bond acceptors (Lipinski definition) is 2. The van der Waals surface area contributed by atoms with Gasteiger partial charge in [0, 0.05) is 5.57 Å². The first-order chi connectivity index (χ1) is 5.81. The number of allylic oxidation sites excluding steroid dienone is 8. The second kappa shape index (κ2) is 2.31. The van der Waals surface area contributed by atoms with Gasteiger partial charge in [-0.05, 0) is 23.8 Å². The highest BCUT2D eigenvalue weighted by atomic mass is 16.1. The van der Waals surface area contributed by atoms with E-state index < -0.39 is 0 Å². The molecule has 0 amide bonds. The molecule has 0 radical (unpaired) electrons. The molecule has 0 heterocycles. The Morgan fingerprint density at radius 1 is 1.25 bits per heavy atom. The van der Waals surface area contributed by atoms with E-state index in [0.29, 0.717) is 5.57 Å². The third-order valence-electron chi connectivity index (χ3n) is 1.86. The van der Waals surface area contributed by atoms with Gasteiger partial charge in [0.2, 0.25) is 0 Å². The third-order valence-corrected chi connectivity index (χ3v) is 1.86. The molecule has 0 bridgehead atoms. The molecule has 0 N–H and O–H groups in total. The van der Waals surface area contributed by atoms with Gasteiger partial charge in [0.15, 0.2) is 5.78 Å². The molecule has 0 saturated carbocycles. The molecule has 2 nitrogen and oxygen atoms in total. The van der Waals surface area contributed by atoms with Crippen molar-refractivity contribution in [1.29, 1.82) is 5.26 Å². The minimum Gasteiger partial charge on any atom is -0.290 e. The van der Waals surface area contributed by atoms with E-state index in [2.05, 4.69) is 0 Å². The summed E-state index contributed by atoms with van der Waals surface area (Å²) in [4.78, 5) is 10.9. The van der Waals surface area contributed by atoms with Crippen molar-refractivity contribution < 1.29 is 4.79 Å². The minimum atomic E-state index is -0.0507. The van der Waals surface area contributed by atoms with Crippen molar-refractivity contribution in [2.45, 2.75) is 0 Å². The lowest BCUT2D eigenvalue weighted by Gasteiger charge is -2.04. The second-order valence-electron chi connectivity index (χ2n) is 2.61. The standard InChI is InChI=1S/C10H5NO/c11-6-8-2-1-7-3-4-9(12)5-10(7)8/h1-5H. The monoisotopic (exact) mass is 155 g/mol. The molecule has 2 heteroatoms. The molecule has 56 valence electrons. The summed E-state index contributed by atoms with van der Waals surface area (Å²) < 4.78 is 0. The van der Waals surface area contributed by atoms with Crippen LogP contribution in [0.2, 0.25) is 0 Å². The predicted molar refractivity (Wildman–Crippen MR) is 44.0 cm³/mol. The van der Waals surface area contributed by atoms with Crippen LogP contribution in [0.4, 0.5) is 0 Å². The zero-order valence-electron chi connectivity index (χ0n) is 6.24. The number of ketones is 1. The summed E-state index contributed by atoms with van der Waals surface area (Å²) in [5.74, 6) is -0.0507. The number of carbonyl (C=O) groups excluding carboxylic acids is 1. The van der Waals surface area contributed by atoms with E-state index >= 15 is 0 Å². The maximum Gasteiger partial charge on any atom is 0.179 e. The topological polar surface area (TPSA) is 40.9 Å². The van der Waals surface area contributed by atoms with Crippen LogP contribution in [0.1, 0.15) is 0 Å². The number of fused-ring (bicyclic) bond motifs is 1. The maximum absolute atomic E-state index is 10.9. The Hall–Kier alpha value is -1.88. The number of nitriles is 1. The SMILES string of the molecule is N#CC1=CC=C2C=CC(=O)C=C12. The van der Waals surface area contributed by atoms with Crippen molar-refractivity contribution in [3.8, 4) is 6.07 Å². The van der Waals surface area contributed by atoms with E-state index in [4.69, 9.17) is 5.26 Å². The summed E-state index contributed by atoms with van der Waals surface area (Å²) >= 11 is 0. The Morgan fingerprint density at radius 3 is 2.83 bits per heavy atom. The Kier molecular flexibility index (Phi) is 1.31. The molecule has 0 atom stereocenters. The van der Waals surface area contributed by atoms with Gasteiger partial charge in [-0.3, -0.25) is 4.79 Å². The molecule has 0 aromatic rings. The Balaban J connectivity index is 2.50. The van der Waals surface area contributed by atoms with E-state index in [0.717, 1.165) is 11.1 Å². The van der Waals surface area contributed by atoms with Crippen molar-refractivity contribution in [3.05, 3.63) is 47.1 Å². The van der Waals surface area contributed by atoms with Gasteiger partial charge in [-0.1, -0.05) is 12.2 Å². The molecule has 0 spiro atoms. The lowest BCUT2D eigenvalue weighted by Crippen LogP contribution is -1.98. The van der Waals surface area contributed by atoms with E-state index in [1.54, 1.807) is 12.2 Å². The molecule has 2 rings (SSSR count). The third kappa shape index (κ3) is 0.841. The maximum atomic E-state index is 10.9. The van der Waals surface area contributed by atoms with Crippen LogP contribution in [0.5, 0.6) is 0 Å². The van der Waals surface area contributed by atoms with Crippen molar-refractivity contribution in [2.75, 3.05) is 0 Å². The van der Waals surface area contributed by atoms with Gasteiger partial charge in [-0.2, -0.15) is 5.26 Å². The second-order valence-corrected chi connectivity index (χ2v) is 2.61. The van der Waals surface area contributed by atoms with Crippen LogP contribution in [0.25, 0.3) is 0 Å². The largest absolute Gasteiger partial charge is 0.290 e. The first-order valence-corrected chi connectivity index (χ1v) is 3.58. The number of hydrogen-bond donors (Lipinski definition) is 0. The fourth-order valence-corrected chi connectivity index (χ4v) is 1.27. The molecule has 0 fully saturated rings. The molecule has 2 aliphatic carbocycles. The molecule has 12 heavy (non-hydrogen) atoms. The molecule has 0 aliphatic heterocycles. The Labute approximate surface area is 69.8 Å². The van der Waals surface area contributed by atoms with Crippen molar-refractivity contribution >= 4 is 5.78 Å². The zero-order valence-corrected chi connectivity index (χ0v) is 6.24. The fourth-order valence-electron chi connectivity index (χ4n) is 1.27. The predicted octanol–water partition coefficient (Wildman–Crippen LogP) is 1.44. The van der Waals surface area contributed by atoms with Crippen molar-refractivity contribution in [3.63, 3.8) is 0 Å². The Bertz CT molecular complexity index is 414. The summed E-state index contributed by atoms with van der Waals surface area (Å²) in [5.41, 5.74) is 2.28. The first kappa shape index (κ1) is 6.81. The van der Waals surface area contributed by atoms with Gasteiger partial charge >= 0.3 is 0 Å². The molecular weight excluding hydrogens is 150 g/mol. The van der Waals surface area contributed by atoms with Crippen molar-refractivity contribution in [2.24, 2.45) is 0 Å². The van der Waals surface area contributed by atoms with Gasteiger partial charge in [0.1, 0.15) is 0 Å². The average molecular weight is 155 g/mol. The summed E-state index contributed by atoms with van der Waals surface area (Å²) in [6.45, 7) is 0. The number of carbonyl (C=O) groups is 1. The molecule has 0 saturated heterocycles. The molecule has 0 aromatic carbocycles. The van der Waals surface area contributed by atoms with E-state index in [1.165, 1.54) is 12.2 Å². The summed E-state index contributed by atoms with van der Waals surface area (Å²) in [6, 6.07) is 2.04. The van der Waals surface area contributed by atoms with Crippen LogP contribution < -0.4 is 0 Å². The highest BCUT2D eigenvalue weighted by Gasteiger charge is 2.17. The van der Waals surface area contributed by atoms with Gasteiger partial charge in [-0.25, -0.2) is 0 Å². The average Bonchev–Trinajstić information content (AvgIpc) is 2.46. The molecular formula is C10H5NO. The van der Waals surface area contributed by atoms with Gasteiger partial charge in [-0.15, -0.1) is 0 Å². The van der Waals surface area contributed by atoms with Gasteiger partial charge in [0.25, 0.3) is 0 Å². The van der Waals surface area contributed by atoms with Crippen LogP contribution in [-0.2, 0) is 4.79 Å². The van der Waals surface area contributed by atoms with Crippen LogP contribution >= 0.6 is 0 Å². The lowest BCUT2D eigenvalue weighted by molar-refractivity contribution is -0.110.